The molecule has 128 valence electrons. The van der Waals surface area contributed by atoms with Gasteiger partial charge in [-0.3, -0.25) is 14.3 Å². The van der Waals surface area contributed by atoms with E-state index in [4.69, 9.17) is 0 Å². The molecule has 2 aromatic rings. The van der Waals surface area contributed by atoms with Crippen molar-refractivity contribution >= 4 is 17.5 Å². The molecule has 0 saturated carbocycles. The highest BCUT2D eigenvalue weighted by Crippen LogP contribution is 2.27. The van der Waals surface area contributed by atoms with Crippen LogP contribution in [0.4, 0.5) is 18.9 Å². The van der Waals surface area contributed by atoms with Crippen LogP contribution >= 0.6 is 0 Å². The van der Waals surface area contributed by atoms with Crippen molar-refractivity contribution in [3.05, 3.63) is 42.0 Å². The summed E-state index contributed by atoms with van der Waals surface area (Å²) in [5.41, 5.74) is -0.353. The number of anilines is 1. The molecule has 0 aliphatic carbocycles. The number of alkyl halides is 3. The van der Waals surface area contributed by atoms with Crippen molar-refractivity contribution in [2.24, 2.45) is 7.05 Å². The lowest BCUT2D eigenvalue weighted by molar-refractivity contribution is -0.142. The number of rotatable bonds is 3. The van der Waals surface area contributed by atoms with Gasteiger partial charge in [0.1, 0.15) is 5.69 Å². The summed E-state index contributed by atoms with van der Waals surface area (Å²) in [6.45, 7) is 0.172. The number of nitrogens with zero attached hydrogens (tertiary/aromatic N) is 4. The zero-order valence-corrected chi connectivity index (χ0v) is 12.8. The smallest absolute Gasteiger partial charge is 0.333 e. The third kappa shape index (κ3) is 4.31. The van der Waals surface area contributed by atoms with Crippen molar-refractivity contribution in [1.82, 2.24) is 19.7 Å². The Balaban J connectivity index is 1.97. The molecule has 0 spiro atoms. The number of amides is 2. The minimum absolute atomic E-state index is 0.00359. The molecule has 0 radical (unpaired) electrons. The van der Waals surface area contributed by atoms with E-state index in [2.05, 4.69) is 15.4 Å². The van der Waals surface area contributed by atoms with Crippen molar-refractivity contribution in [2.75, 3.05) is 12.4 Å². The van der Waals surface area contributed by atoms with E-state index < -0.39 is 23.7 Å². The molecule has 1 N–H and O–H groups in total. The summed E-state index contributed by atoms with van der Waals surface area (Å²) in [6, 6.07) is 1.75. The SMILES string of the molecule is CN(Cc1cnn(C)c1)C(=O)C(=O)Nc1ccc(C(F)(F)F)nc1. The maximum atomic E-state index is 12.4. The van der Waals surface area contributed by atoms with Gasteiger partial charge in [0.25, 0.3) is 0 Å². The Hall–Kier alpha value is -2.91. The van der Waals surface area contributed by atoms with Gasteiger partial charge in [0.15, 0.2) is 0 Å². The van der Waals surface area contributed by atoms with Gasteiger partial charge in [-0.1, -0.05) is 0 Å². The first-order valence-corrected chi connectivity index (χ1v) is 6.74. The van der Waals surface area contributed by atoms with Crippen molar-refractivity contribution in [3.63, 3.8) is 0 Å². The second-order valence-corrected chi connectivity index (χ2v) is 5.07. The molecule has 0 aromatic carbocycles. The zero-order chi connectivity index (χ0) is 17.9. The van der Waals surface area contributed by atoms with Gasteiger partial charge in [0.05, 0.1) is 18.1 Å². The van der Waals surface area contributed by atoms with Crippen LogP contribution in [-0.4, -0.2) is 38.5 Å². The molecule has 0 atom stereocenters. The van der Waals surface area contributed by atoms with Crippen LogP contribution in [0.1, 0.15) is 11.3 Å². The molecule has 0 aliphatic heterocycles. The number of hydrogen-bond donors (Lipinski definition) is 1. The van der Waals surface area contributed by atoms with Crippen molar-refractivity contribution < 1.29 is 22.8 Å². The lowest BCUT2D eigenvalue weighted by Gasteiger charge is -2.15. The van der Waals surface area contributed by atoms with E-state index in [1.54, 1.807) is 24.1 Å². The number of likely N-dealkylation sites (N-methyl/N-ethyl adjacent to an activating group) is 1. The molecule has 2 rings (SSSR count). The van der Waals surface area contributed by atoms with Crippen LogP contribution in [0.5, 0.6) is 0 Å². The molecule has 0 unspecified atom stereocenters. The summed E-state index contributed by atoms with van der Waals surface area (Å²) in [7, 11) is 3.15. The first-order valence-electron chi connectivity index (χ1n) is 6.74. The fraction of sp³-hybridized carbons (Fsp3) is 0.286. The molecule has 0 saturated heterocycles. The van der Waals surface area contributed by atoms with E-state index in [9.17, 15) is 22.8 Å². The average Bonchev–Trinajstić information content (AvgIpc) is 2.91. The highest BCUT2D eigenvalue weighted by atomic mass is 19.4. The number of carbonyl (C=O) groups is 2. The fourth-order valence-electron chi connectivity index (χ4n) is 1.89. The summed E-state index contributed by atoms with van der Waals surface area (Å²) in [5, 5.41) is 6.16. The molecule has 7 nitrogen and oxygen atoms in total. The van der Waals surface area contributed by atoms with E-state index in [0.29, 0.717) is 0 Å². The number of halogens is 3. The number of carbonyl (C=O) groups excluding carboxylic acids is 2. The maximum Gasteiger partial charge on any atom is 0.433 e. The van der Waals surface area contributed by atoms with Gasteiger partial charge in [0.2, 0.25) is 0 Å². The monoisotopic (exact) mass is 341 g/mol. The Morgan fingerprint density at radius 2 is 2.00 bits per heavy atom. The van der Waals surface area contributed by atoms with Gasteiger partial charge >= 0.3 is 18.0 Å². The third-order valence-electron chi connectivity index (χ3n) is 3.03. The van der Waals surface area contributed by atoms with Crippen LogP contribution in [0.25, 0.3) is 0 Å². The number of hydrogen-bond acceptors (Lipinski definition) is 4. The first kappa shape index (κ1) is 17.4. The summed E-state index contributed by atoms with van der Waals surface area (Å²) in [5.74, 6) is -1.80. The second-order valence-electron chi connectivity index (χ2n) is 5.07. The molecule has 10 heteroatoms. The molecule has 2 aromatic heterocycles. The van der Waals surface area contributed by atoms with Crippen LogP contribution in [0.15, 0.2) is 30.7 Å². The zero-order valence-electron chi connectivity index (χ0n) is 12.8. The maximum absolute atomic E-state index is 12.4. The predicted octanol–water partition coefficient (Wildman–Crippen LogP) is 1.43. The number of aryl methyl sites for hydroxylation is 1. The largest absolute Gasteiger partial charge is 0.433 e. The lowest BCUT2D eigenvalue weighted by atomic mass is 10.3. The van der Waals surface area contributed by atoms with Gasteiger partial charge in [-0.2, -0.15) is 18.3 Å². The normalized spacial score (nSPS) is 11.2. The number of pyridine rings is 1. The molecule has 0 bridgehead atoms. The fourth-order valence-corrected chi connectivity index (χ4v) is 1.89. The quantitative estimate of drug-likeness (QED) is 0.857. The van der Waals surface area contributed by atoms with Gasteiger partial charge in [-0.05, 0) is 12.1 Å². The first-order chi connectivity index (χ1) is 11.2. The summed E-state index contributed by atoms with van der Waals surface area (Å²) in [6.07, 6.45) is -0.472. The molecular weight excluding hydrogens is 327 g/mol. The van der Waals surface area contributed by atoms with Gasteiger partial charge in [-0.25, -0.2) is 4.98 Å². The van der Waals surface area contributed by atoms with Crippen LogP contribution in [-0.2, 0) is 29.4 Å². The Kier molecular flexibility index (Phi) is 4.86. The van der Waals surface area contributed by atoms with Gasteiger partial charge in [0, 0.05) is 32.4 Å². The van der Waals surface area contributed by atoms with Gasteiger partial charge in [-0.15, -0.1) is 0 Å². The van der Waals surface area contributed by atoms with Crippen LogP contribution < -0.4 is 5.32 Å². The third-order valence-corrected chi connectivity index (χ3v) is 3.03. The van der Waals surface area contributed by atoms with Crippen LogP contribution in [0, 0.1) is 0 Å². The number of nitrogens with one attached hydrogen (secondary N) is 1. The summed E-state index contributed by atoms with van der Waals surface area (Å²) < 4.78 is 38.8. The predicted molar refractivity (Wildman–Crippen MR) is 77.6 cm³/mol. The molecule has 2 heterocycles. The minimum Gasteiger partial charge on any atom is -0.333 e. The Bertz CT molecular complexity index is 740. The molecule has 0 fully saturated rings. The molecule has 2 amide bonds. The average molecular weight is 341 g/mol. The Morgan fingerprint density at radius 3 is 2.50 bits per heavy atom. The Labute approximate surface area is 135 Å². The minimum atomic E-state index is -4.57. The highest BCUT2D eigenvalue weighted by molar-refractivity contribution is 6.39. The van der Waals surface area contributed by atoms with Crippen molar-refractivity contribution in [1.29, 1.82) is 0 Å². The lowest BCUT2D eigenvalue weighted by Crippen LogP contribution is -2.36. The van der Waals surface area contributed by atoms with Crippen molar-refractivity contribution in [2.45, 2.75) is 12.7 Å². The van der Waals surface area contributed by atoms with E-state index in [1.807, 2.05) is 0 Å². The summed E-state index contributed by atoms with van der Waals surface area (Å²) in [4.78, 5) is 28.2. The van der Waals surface area contributed by atoms with Crippen LogP contribution in [0.2, 0.25) is 0 Å². The Morgan fingerprint density at radius 1 is 1.29 bits per heavy atom. The second kappa shape index (κ2) is 6.69. The van der Waals surface area contributed by atoms with E-state index in [1.165, 1.54) is 11.9 Å². The van der Waals surface area contributed by atoms with E-state index in [0.717, 1.165) is 23.9 Å². The van der Waals surface area contributed by atoms with E-state index >= 15 is 0 Å². The molecule has 0 aliphatic rings. The van der Waals surface area contributed by atoms with E-state index in [-0.39, 0.29) is 12.2 Å². The summed E-state index contributed by atoms with van der Waals surface area (Å²) >= 11 is 0. The van der Waals surface area contributed by atoms with Crippen molar-refractivity contribution in [3.8, 4) is 0 Å². The topological polar surface area (TPSA) is 80.1 Å². The highest BCUT2D eigenvalue weighted by Gasteiger charge is 2.32. The molecule has 24 heavy (non-hydrogen) atoms. The van der Waals surface area contributed by atoms with Gasteiger partial charge < -0.3 is 10.2 Å². The van der Waals surface area contributed by atoms with Crippen LogP contribution in [0.3, 0.4) is 0 Å². The standard InChI is InChI=1S/C14H14F3N5O2/c1-21(7-9-5-19-22(2)8-9)13(24)12(23)20-10-3-4-11(18-6-10)14(15,16)17/h3-6,8H,7H2,1-2H3,(H,20,23). The number of aromatic nitrogens is 3. The molecular formula is C14H14F3N5O2.